The Kier molecular flexibility index (Phi) is 5.67. The van der Waals surface area contributed by atoms with Crippen molar-refractivity contribution in [2.75, 3.05) is 13.2 Å². The van der Waals surface area contributed by atoms with Crippen molar-refractivity contribution in [1.29, 1.82) is 0 Å². The smallest absolute Gasteiger partial charge is 0.119 e. The Hall–Kier alpha value is -1.84. The van der Waals surface area contributed by atoms with Crippen molar-refractivity contribution in [3.05, 3.63) is 65.2 Å². The molecular weight excluding hydrogens is 286 g/mol. The van der Waals surface area contributed by atoms with Crippen LogP contribution in [-0.4, -0.2) is 19.3 Å². The van der Waals surface area contributed by atoms with Gasteiger partial charge in [-0.15, -0.1) is 0 Å². The SMILES string of the molecule is Cc1cccc(COc2ccc(CNC[C@H]3CCCO3)cc2)c1. The minimum atomic E-state index is 0.395. The molecule has 0 spiro atoms. The molecule has 0 aromatic heterocycles. The maximum atomic E-state index is 5.85. The van der Waals surface area contributed by atoms with Crippen LogP contribution in [0.4, 0.5) is 0 Å². The first-order valence-corrected chi connectivity index (χ1v) is 8.39. The van der Waals surface area contributed by atoms with Crippen molar-refractivity contribution >= 4 is 0 Å². The molecule has 3 heteroatoms. The third-order valence-electron chi connectivity index (χ3n) is 4.14. The fourth-order valence-electron chi connectivity index (χ4n) is 2.85. The second-order valence-electron chi connectivity index (χ2n) is 6.19. The standard InChI is InChI=1S/C20H25NO2/c1-16-4-2-5-18(12-16)15-23-19-9-7-17(8-10-19)13-21-14-20-6-3-11-22-20/h2,4-5,7-10,12,20-21H,3,6,11,13-15H2,1H3/t20-/m1/s1. The molecule has 122 valence electrons. The van der Waals surface area contributed by atoms with E-state index in [1.54, 1.807) is 0 Å². The van der Waals surface area contributed by atoms with Crippen molar-refractivity contribution in [3.8, 4) is 5.75 Å². The van der Waals surface area contributed by atoms with Crippen molar-refractivity contribution < 1.29 is 9.47 Å². The van der Waals surface area contributed by atoms with Gasteiger partial charge in [0.1, 0.15) is 12.4 Å². The van der Waals surface area contributed by atoms with Crippen LogP contribution in [0.5, 0.6) is 5.75 Å². The quantitative estimate of drug-likeness (QED) is 0.842. The summed E-state index contributed by atoms with van der Waals surface area (Å²) in [6, 6.07) is 16.7. The van der Waals surface area contributed by atoms with Gasteiger partial charge < -0.3 is 14.8 Å². The monoisotopic (exact) mass is 311 g/mol. The van der Waals surface area contributed by atoms with Crippen LogP contribution in [0.15, 0.2) is 48.5 Å². The predicted octanol–water partition coefficient (Wildman–Crippen LogP) is 3.84. The first kappa shape index (κ1) is 16.0. The maximum Gasteiger partial charge on any atom is 0.119 e. The van der Waals surface area contributed by atoms with Gasteiger partial charge in [0, 0.05) is 19.7 Å². The van der Waals surface area contributed by atoms with Crippen molar-refractivity contribution in [2.24, 2.45) is 0 Å². The van der Waals surface area contributed by atoms with Gasteiger partial charge in [-0.2, -0.15) is 0 Å². The molecule has 0 unspecified atom stereocenters. The molecule has 2 aromatic carbocycles. The van der Waals surface area contributed by atoms with Crippen LogP contribution in [-0.2, 0) is 17.9 Å². The number of rotatable bonds is 7. The van der Waals surface area contributed by atoms with E-state index in [0.717, 1.165) is 25.4 Å². The van der Waals surface area contributed by atoms with Gasteiger partial charge in [-0.25, -0.2) is 0 Å². The summed E-state index contributed by atoms with van der Waals surface area (Å²) in [5.41, 5.74) is 3.73. The van der Waals surface area contributed by atoms with Crippen molar-refractivity contribution in [2.45, 2.75) is 39.0 Å². The highest BCUT2D eigenvalue weighted by molar-refractivity contribution is 5.28. The lowest BCUT2D eigenvalue weighted by molar-refractivity contribution is 0.110. The van der Waals surface area contributed by atoms with Gasteiger partial charge in [-0.3, -0.25) is 0 Å². The van der Waals surface area contributed by atoms with Crippen LogP contribution in [0.2, 0.25) is 0 Å². The zero-order valence-electron chi connectivity index (χ0n) is 13.8. The molecule has 1 N–H and O–H groups in total. The fourth-order valence-corrected chi connectivity index (χ4v) is 2.85. The lowest BCUT2D eigenvalue weighted by Gasteiger charge is -2.11. The zero-order valence-corrected chi connectivity index (χ0v) is 13.8. The summed E-state index contributed by atoms with van der Waals surface area (Å²) in [4.78, 5) is 0. The molecular formula is C20H25NO2. The van der Waals surface area contributed by atoms with Crippen molar-refractivity contribution in [1.82, 2.24) is 5.32 Å². The molecule has 3 nitrogen and oxygen atoms in total. The first-order valence-electron chi connectivity index (χ1n) is 8.39. The van der Waals surface area contributed by atoms with Crippen LogP contribution < -0.4 is 10.1 Å². The van der Waals surface area contributed by atoms with Gasteiger partial charge >= 0.3 is 0 Å². The molecule has 3 rings (SSSR count). The number of benzene rings is 2. The van der Waals surface area contributed by atoms with Gasteiger partial charge in [0.05, 0.1) is 6.10 Å². The Labute approximate surface area is 138 Å². The number of hydrogen-bond acceptors (Lipinski definition) is 3. The molecule has 1 heterocycles. The molecule has 0 bridgehead atoms. The number of aryl methyl sites for hydroxylation is 1. The number of nitrogens with one attached hydrogen (secondary N) is 1. The van der Waals surface area contributed by atoms with E-state index in [1.165, 1.54) is 29.5 Å². The Morgan fingerprint density at radius 3 is 2.74 bits per heavy atom. The van der Waals surface area contributed by atoms with E-state index in [2.05, 4.69) is 48.6 Å². The molecule has 2 aromatic rings. The lowest BCUT2D eigenvalue weighted by atomic mass is 10.1. The first-order chi connectivity index (χ1) is 11.3. The Bertz CT molecular complexity index is 603. The second kappa shape index (κ2) is 8.14. The Balaban J connectivity index is 1.43. The van der Waals surface area contributed by atoms with E-state index in [4.69, 9.17) is 9.47 Å². The van der Waals surface area contributed by atoms with Gasteiger partial charge in [-0.05, 0) is 43.0 Å². The highest BCUT2D eigenvalue weighted by atomic mass is 16.5. The summed E-state index contributed by atoms with van der Waals surface area (Å²) < 4.78 is 11.5. The predicted molar refractivity (Wildman–Crippen MR) is 92.6 cm³/mol. The van der Waals surface area contributed by atoms with Gasteiger partial charge in [0.2, 0.25) is 0 Å². The van der Waals surface area contributed by atoms with Crippen LogP contribution in [0.25, 0.3) is 0 Å². The molecule has 0 aliphatic carbocycles. The third kappa shape index (κ3) is 5.08. The van der Waals surface area contributed by atoms with E-state index in [1.807, 2.05) is 12.1 Å². The molecule has 0 amide bonds. The molecule has 1 saturated heterocycles. The van der Waals surface area contributed by atoms with Gasteiger partial charge in [0.15, 0.2) is 0 Å². The Morgan fingerprint density at radius 2 is 2.00 bits per heavy atom. The summed E-state index contributed by atoms with van der Waals surface area (Å²) in [5, 5.41) is 3.46. The minimum Gasteiger partial charge on any atom is -0.489 e. The highest BCUT2D eigenvalue weighted by Crippen LogP contribution is 2.15. The zero-order chi connectivity index (χ0) is 15.9. The normalized spacial score (nSPS) is 17.3. The molecule has 1 fully saturated rings. The van der Waals surface area contributed by atoms with Gasteiger partial charge in [0.25, 0.3) is 0 Å². The minimum absolute atomic E-state index is 0.395. The second-order valence-corrected chi connectivity index (χ2v) is 6.19. The largest absolute Gasteiger partial charge is 0.489 e. The van der Waals surface area contributed by atoms with E-state index in [-0.39, 0.29) is 0 Å². The Morgan fingerprint density at radius 1 is 1.13 bits per heavy atom. The fraction of sp³-hybridized carbons (Fsp3) is 0.400. The number of hydrogen-bond donors (Lipinski definition) is 1. The van der Waals surface area contributed by atoms with E-state index >= 15 is 0 Å². The maximum absolute atomic E-state index is 5.85. The third-order valence-corrected chi connectivity index (χ3v) is 4.14. The average molecular weight is 311 g/mol. The number of ether oxygens (including phenoxy) is 2. The average Bonchev–Trinajstić information content (AvgIpc) is 3.08. The molecule has 1 aliphatic rings. The van der Waals surface area contributed by atoms with E-state index in [0.29, 0.717) is 12.7 Å². The molecule has 1 atom stereocenters. The molecule has 1 aliphatic heterocycles. The topological polar surface area (TPSA) is 30.5 Å². The van der Waals surface area contributed by atoms with Crippen molar-refractivity contribution in [3.63, 3.8) is 0 Å². The summed E-state index contributed by atoms with van der Waals surface area (Å²) in [6.07, 6.45) is 2.77. The summed E-state index contributed by atoms with van der Waals surface area (Å²) in [6.45, 7) is 5.43. The highest BCUT2D eigenvalue weighted by Gasteiger charge is 2.14. The van der Waals surface area contributed by atoms with E-state index < -0.39 is 0 Å². The van der Waals surface area contributed by atoms with Gasteiger partial charge in [-0.1, -0.05) is 42.0 Å². The molecule has 23 heavy (non-hydrogen) atoms. The summed E-state index contributed by atoms with van der Waals surface area (Å²) in [5.74, 6) is 0.911. The summed E-state index contributed by atoms with van der Waals surface area (Å²) in [7, 11) is 0. The van der Waals surface area contributed by atoms with E-state index in [9.17, 15) is 0 Å². The molecule has 0 radical (unpaired) electrons. The lowest BCUT2D eigenvalue weighted by Crippen LogP contribution is -2.25. The van der Waals surface area contributed by atoms with Crippen LogP contribution >= 0.6 is 0 Å². The summed E-state index contributed by atoms with van der Waals surface area (Å²) >= 11 is 0. The van der Waals surface area contributed by atoms with Crippen LogP contribution in [0.3, 0.4) is 0 Å². The molecule has 0 saturated carbocycles. The van der Waals surface area contributed by atoms with Crippen LogP contribution in [0, 0.1) is 6.92 Å². The van der Waals surface area contributed by atoms with Crippen LogP contribution in [0.1, 0.15) is 29.5 Å².